The summed E-state index contributed by atoms with van der Waals surface area (Å²) < 4.78 is 8.65. The van der Waals surface area contributed by atoms with Gasteiger partial charge in [-0.1, -0.05) is 19.6 Å². The van der Waals surface area contributed by atoms with E-state index in [1.165, 1.54) is 21.5 Å². The van der Waals surface area contributed by atoms with Crippen LogP contribution in [-0.4, -0.2) is 8.07 Å². The molecule has 0 saturated carbocycles. The highest BCUT2D eigenvalue weighted by molar-refractivity contribution is 14.1. The number of hydrogen-bond acceptors (Lipinski definition) is 3. The summed E-state index contributed by atoms with van der Waals surface area (Å²) in [7, 11) is -1.20. The number of rotatable bonds is 1. The third kappa shape index (κ3) is 1.99. The molecular weight excluding hydrogens is 463 g/mol. The van der Waals surface area contributed by atoms with Gasteiger partial charge < -0.3 is 0 Å². The highest BCUT2D eigenvalue weighted by atomic mass is 127. The maximum absolute atomic E-state index is 3.72. The van der Waals surface area contributed by atoms with Crippen molar-refractivity contribution in [2.45, 2.75) is 19.6 Å². The molecule has 3 heterocycles. The molecule has 17 heavy (non-hydrogen) atoms. The number of hydrogen-bond donors (Lipinski definition) is 0. The molecule has 0 spiro atoms. The molecule has 0 atom stereocenters. The first-order chi connectivity index (χ1) is 7.89. The topological polar surface area (TPSA) is 0 Å². The largest absolute Gasteiger partial charge is 0.142 e. The zero-order valence-corrected chi connectivity index (χ0v) is 16.8. The molecule has 0 N–H and O–H groups in total. The minimum absolute atomic E-state index is 1.20. The van der Waals surface area contributed by atoms with Gasteiger partial charge in [0, 0.05) is 4.70 Å². The van der Waals surface area contributed by atoms with Gasteiger partial charge in [0.05, 0.1) is 29.5 Å². The van der Waals surface area contributed by atoms with Crippen LogP contribution in [0, 0.1) is 2.88 Å². The van der Waals surface area contributed by atoms with Crippen LogP contribution in [0.3, 0.4) is 0 Å². The summed E-state index contributed by atoms with van der Waals surface area (Å²) >= 11 is 12.0. The van der Waals surface area contributed by atoms with E-state index >= 15 is 0 Å². The first-order valence-electron chi connectivity index (χ1n) is 5.17. The summed E-state index contributed by atoms with van der Waals surface area (Å²) in [5.74, 6) is 0. The molecule has 0 nitrogen and oxygen atoms in total. The monoisotopic (exact) mass is 472 g/mol. The van der Waals surface area contributed by atoms with Gasteiger partial charge in [0.2, 0.25) is 0 Å². The average molecular weight is 473 g/mol. The van der Waals surface area contributed by atoms with E-state index in [-0.39, 0.29) is 0 Å². The molecule has 0 aliphatic heterocycles. The van der Waals surface area contributed by atoms with Crippen LogP contribution in [0.5, 0.6) is 0 Å². The summed E-state index contributed by atoms with van der Waals surface area (Å²) in [6, 6.07) is 0. The van der Waals surface area contributed by atoms with Gasteiger partial charge in [-0.2, -0.15) is 0 Å². The van der Waals surface area contributed by atoms with Crippen LogP contribution in [0.25, 0.3) is 18.8 Å². The minimum atomic E-state index is -1.20. The van der Waals surface area contributed by atoms with Crippen molar-refractivity contribution in [1.82, 2.24) is 0 Å². The third-order valence-electron chi connectivity index (χ3n) is 2.73. The van der Waals surface area contributed by atoms with E-state index in [2.05, 4.69) is 63.5 Å². The van der Waals surface area contributed by atoms with Crippen LogP contribution < -0.4 is 5.19 Å². The van der Waals surface area contributed by atoms with Gasteiger partial charge >= 0.3 is 0 Å². The standard InChI is InChI=1S/C11H10BrIS3Si/c1-17(2,3)5-4-14-9-7(5)15-8-6(12)11(13)16-10(8)9/h4H,1-3H3. The summed E-state index contributed by atoms with van der Waals surface area (Å²) in [5, 5.41) is 4.03. The smallest absolute Gasteiger partial charge is 0.0817 e. The molecule has 0 radical (unpaired) electrons. The van der Waals surface area contributed by atoms with E-state index < -0.39 is 8.07 Å². The molecule has 3 aromatic heterocycles. The molecule has 0 aliphatic carbocycles. The van der Waals surface area contributed by atoms with Gasteiger partial charge in [0.25, 0.3) is 0 Å². The zero-order valence-electron chi connectivity index (χ0n) is 9.56. The van der Waals surface area contributed by atoms with E-state index in [0.29, 0.717) is 0 Å². The van der Waals surface area contributed by atoms with Gasteiger partial charge in [-0.15, -0.1) is 34.0 Å². The molecule has 90 valence electrons. The second-order valence-corrected chi connectivity index (χ2v) is 15.6. The van der Waals surface area contributed by atoms with E-state index in [0.717, 1.165) is 0 Å². The predicted octanol–water partition coefficient (Wildman–Crippen LogP) is 6.09. The molecule has 3 aromatic rings. The number of thiophene rings is 3. The third-order valence-corrected chi connectivity index (χ3v) is 12.0. The minimum Gasteiger partial charge on any atom is -0.142 e. The van der Waals surface area contributed by atoms with Crippen LogP contribution >= 0.6 is 72.5 Å². The highest BCUT2D eigenvalue weighted by Crippen LogP contribution is 2.47. The summed E-state index contributed by atoms with van der Waals surface area (Å²) in [5.41, 5.74) is 0. The molecule has 0 bridgehead atoms. The van der Waals surface area contributed by atoms with Crippen molar-refractivity contribution in [3.63, 3.8) is 0 Å². The maximum Gasteiger partial charge on any atom is 0.0817 e. The van der Waals surface area contributed by atoms with Crippen LogP contribution in [0.1, 0.15) is 0 Å². The lowest BCUT2D eigenvalue weighted by Crippen LogP contribution is -2.36. The molecule has 0 aliphatic rings. The van der Waals surface area contributed by atoms with Crippen molar-refractivity contribution >= 4 is 105 Å². The molecule has 0 saturated heterocycles. The SMILES string of the molecule is C[Si](C)(C)c1csc2c1sc1c(Br)c(I)sc12. The Morgan fingerprint density at radius 2 is 1.76 bits per heavy atom. The van der Waals surface area contributed by atoms with Crippen molar-refractivity contribution in [1.29, 1.82) is 0 Å². The fourth-order valence-electron chi connectivity index (χ4n) is 1.83. The average Bonchev–Trinajstić information content (AvgIpc) is 2.81. The Labute approximate surface area is 135 Å². The zero-order chi connectivity index (χ0) is 12.4. The van der Waals surface area contributed by atoms with Crippen molar-refractivity contribution in [2.75, 3.05) is 0 Å². The Balaban J connectivity index is 2.42. The Kier molecular flexibility index (Phi) is 3.28. The van der Waals surface area contributed by atoms with Gasteiger partial charge in [-0.3, -0.25) is 0 Å². The van der Waals surface area contributed by atoms with Gasteiger partial charge in [0.1, 0.15) is 0 Å². The van der Waals surface area contributed by atoms with Gasteiger partial charge in [-0.05, 0) is 49.1 Å². The number of halogens is 2. The van der Waals surface area contributed by atoms with Crippen LogP contribution in [0.2, 0.25) is 19.6 Å². The first kappa shape index (κ1) is 13.0. The predicted molar refractivity (Wildman–Crippen MR) is 98.5 cm³/mol. The van der Waals surface area contributed by atoms with Crippen LogP contribution in [0.4, 0.5) is 0 Å². The lowest BCUT2D eigenvalue weighted by atomic mass is 10.5. The van der Waals surface area contributed by atoms with E-state index in [1.807, 2.05) is 34.0 Å². The molecule has 0 unspecified atom stereocenters. The van der Waals surface area contributed by atoms with Crippen LogP contribution in [-0.2, 0) is 0 Å². The molecule has 3 rings (SSSR count). The first-order valence-corrected chi connectivity index (χ1v) is 13.1. The normalized spacial score (nSPS) is 13.0. The molecule has 6 heteroatoms. The second kappa shape index (κ2) is 4.27. The van der Waals surface area contributed by atoms with Crippen molar-refractivity contribution < 1.29 is 0 Å². The molecule has 0 aromatic carbocycles. The van der Waals surface area contributed by atoms with Crippen LogP contribution in [0.15, 0.2) is 9.85 Å². The Bertz CT molecular complexity index is 716. The highest BCUT2D eigenvalue weighted by Gasteiger charge is 2.24. The number of fused-ring (bicyclic) bond motifs is 3. The van der Waals surface area contributed by atoms with E-state index in [1.54, 1.807) is 9.89 Å². The van der Waals surface area contributed by atoms with Crippen molar-refractivity contribution in [3.8, 4) is 0 Å². The fraction of sp³-hybridized carbons (Fsp3) is 0.273. The second-order valence-electron chi connectivity index (χ2n) is 5.01. The van der Waals surface area contributed by atoms with E-state index in [9.17, 15) is 0 Å². The molecular formula is C11H10BrIS3Si. The van der Waals surface area contributed by atoms with Gasteiger partial charge in [-0.25, -0.2) is 0 Å². The Morgan fingerprint density at radius 1 is 1.06 bits per heavy atom. The summed E-state index contributed by atoms with van der Waals surface area (Å²) in [6.07, 6.45) is 0. The van der Waals surface area contributed by atoms with Gasteiger partial charge in [0.15, 0.2) is 0 Å². The maximum atomic E-state index is 3.72. The Hall–Kier alpha value is 1.05. The fourth-order valence-corrected chi connectivity index (χ4v) is 10.9. The summed E-state index contributed by atoms with van der Waals surface area (Å²) in [4.78, 5) is 0. The van der Waals surface area contributed by atoms with Crippen molar-refractivity contribution in [3.05, 3.63) is 12.7 Å². The lowest BCUT2D eigenvalue weighted by Gasteiger charge is -2.13. The van der Waals surface area contributed by atoms with E-state index in [4.69, 9.17) is 0 Å². The molecule has 0 amide bonds. The van der Waals surface area contributed by atoms with Crippen molar-refractivity contribution in [2.24, 2.45) is 0 Å². The lowest BCUT2D eigenvalue weighted by molar-refractivity contribution is 1.79. The summed E-state index contributed by atoms with van der Waals surface area (Å²) in [6.45, 7) is 7.29. The quantitative estimate of drug-likeness (QED) is 0.297. The Morgan fingerprint density at radius 3 is 2.41 bits per heavy atom. The molecule has 0 fully saturated rings.